The van der Waals surface area contributed by atoms with E-state index in [4.69, 9.17) is 13.9 Å². The van der Waals surface area contributed by atoms with E-state index in [0.29, 0.717) is 43.0 Å². The van der Waals surface area contributed by atoms with Gasteiger partial charge in [-0.05, 0) is 51.1 Å². The molecule has 140 valence electrons. The number of hydrogen-bond donors (Lipinski definition) is 0. The van der Waals surface area contributed by atoms with Gasteiger partial charge in [0.25, 0.3) is 0 Å². The Kier molecular flexibility index (Phi) is 5.20. The molecular formula is C20H24FNO4. The quantitative estimate of drug-likeness (QED) is 0.783. The standard InChI is InChI=1S/C20H24FNO4/c1-20(2,3)26-19(23)22-10-8-15(9-11-22)25-18-7-6-14(21)13-16(18)17-5-4-12-24-17/h4-7,12-13,15H,8-11H2,1-3H3. The van der Waals surface area contributed by atoms with Gasteiger partial charge in [0.2, 0.25) is 0 Å². The summed E-state index contributed by atoms with van der Waals surface area (Å²) in [5.74, 6) is 0.797. The summed E-state index contributed by atoms with van der Waals surface area (Å²) >= 11 is 0. The SMILES string of the molecule is CC(C)(C)OC(=O)N1CCC(Oc2ccc(F)cc2-c2ccco2)CC1. The van der Waals surface area contributed by atoms with E-state index in [-0.39, 0.29) is 18.0 Å². The average Bonchev–Trinajstić information content (AvgIpc) is 3.10. The maximum absolute atomic E-state index is 13.6. The third-order valence-electron chi connectivity index (χ3n) is 4.12. The molecule has 0 atom stereocenters. The summed E-state index contributed by atoms with van der Waals surface area (Å²) in [6.45, 7) is 6.69. The number of piperidine rings is 1. The number of carbonyl (C=O) groups excluding carboxylic acids is 1. The Labute approximate surface area is 152 Å². The zero-order valence-electron chi connectivity index (χ0n) is 15.3. The molecule has 1 fully saturated rings. The van der Waals surface area contributed by atoms with E-state index in [2.05, 4.69) is 0 Å². The molecule has 0 unspecified atom stereocenters. The zero-order chi connectivity index (χ0) is 18.7. The molecular weight excluding hydrogens is 337 g/mol. The van der Waals surface area contributed by atoms with Gasteiger partial charge in [-0.2, -0.15) is 0 Å². The van der Waals surface area contributed by atoms with Crippen LogP contribution in [0.5, 0.6) is 5.75 Å². The number of furan rings is 1. The van der Waals surface area contributed by atoms with Crippen LogP contribution in [0.4, 0.5) is 9.18 Å². The summed E-state index contributed by atoms with van der Waals surface area (Å²) in [5.41, 5.74) is 0.0841. The van der Waals surface area contributed by atoms with Crippen LogP contribution in [0.2, 0.25) is 0 Å². The fourth-order valence-corrected chi connectivity index (χ4v) is 2.89. The van der Waals surface area contributed by atoms with Crippen molar-refractivity contribution >= 4 is 6.09 Å². The van der Waals surface area contributed by atoms with Crippen LogP contribution in [0.1, 0.15) is 33.6 Å². The van der Waals surface area contributed by atoms with E-state index in [1.54, 1.807) is 29.4 Å². The van der Waals surface area contributed by atoms with Crippen molar-refractivity contribution in [2.75, 3.05) is 13.1 Å². The molecule has 0 N–H and O–H groups in total. The lowest BCUT2D eigenvalue weighted by molar-refractivity contribution is 0.0127. The molecule has 2 aromatic rings. The summed E-state index contributed by atoms with van der Waals surface area (Å²) in [4.78, 5) is 13.8. The first-order valence-corrected chi connectivity index (χ1v) is 8.80. The molecule has 6 heteroatoms. The van der Waals surface area contributed by atoms with Crippen LogP contribution in [-0.4, -0.2) is 35.8 Å². The van der Waals surface area contributed by atoms with Crippen molar-refractivity contribution in [3.8, 4) is 17.1 Å². The largest absolute Gasteiger partial charge is 0.490 e. The molecule has 3 rings (SSSR count). The highest BCUT2D eigenvalue weighted by atomic mass is 19.1. The van der Waals surface area contributed by atoms with Crippen molar-refractivity contribution in [2.24, 2.45) is 0 Å². The van der Waals surface area contributed by atoms with E-state index in [0.717, 1.165) is 0 Å². The predicted octanol–water partition coefficient (Wildman–Crippen LogP) is 4.86. The minimum Gasteiger partial charge on any atom is -0.490 e. The molecule has 1 saturated heterocycles. The molecule has 2 heterocycles. The third kappa shape index (κ3) is 4.56. The van der Waals surface area contributed by atoms with Gasteiger partial charge in [-0.3, -0.25) is 0 Å². The van der Waals surface area contributed by atoms with E-state index in [9.17, 15) is 9.18 Å². The van der Waals surface area contributed by atoms with Crippen molar-refractivity contribution in [3.63, 3.8) is 0 Å². The van der Waals surface area contributed by atoms with Crippen LogP contribution in [0.15, 0.2) is 41.0 Å². The lowest BCUT2D eigenvalue weighted by Crippen LogP contribution is -2.44. The summed E-state index contributed by atoms with van der Waals surface area (Å²) in [6.07, 6.45) is 2.58. The average molecular weight is 361 g/mol. The van der Waals surface area contributed by atoms with Gasteiger partial charge in [0.15, 0.2) is 0 Å². The van der Waals surface area contributed by atoms with Crippen molar-refractivity contribution in [3.05, 3.63) is 42.4 Å². The first-order valence-electron chi connectivity index (χ1n) is 8.80. The lowest BCUT2D eigenvalue weighted by Gasteiger charge is -2.33. The molecule has 26 heavy (non-hydrogen) atoms. The van der Waals surface area contributed by atoms with Gasteiger partial charge in [-0.1, -0.05) is 0 Å². The maximum Gasteiger partial charge on any atom is 0.410 e. The molecule has 1 amide bonds. The number of carbonyl (C=O) groups is 1. The van der Waals surface area contributed by atoms with Gasteiger partial charge < -0.3 is 18.8 Å². The molecule has 1 aromatic carbocycles. The second-order valence-corrected chi connectivity index (χ2v) is 7.40. The fourth-order valence-electron chi connectivity index (χ4n) is 2.89. The first-order chi connectivity index (χ1) is 12.3. The predicted molar refractivity (Wildman–Crippen MR) is 95.6 cm³/mol. The molecule has 0 radical (unpaired) electrons. The number of nitrogens with zero attached hydrogens (tertiary/aromatic N) is 1. The lowest BCUT2D eigenvalue weighted by atomic mass is 10.1. The monoisotopic (exact) mass is 361 g/mol. The van der Waals surface area contributed by atoms with E-state index in [1.807, 2.05) is 20.8 Å². The Hall–Kier alpha value is -2.50. The fraction of sp³-hybridized carbons (Fsp3) is 0.450. The smallest absolute Gasteiger partial charge is 0.410 e. The van der Waals surface area contributed by atoms with Crippen molar-refractivity contribution in [1.82, 2.24) is 4.90 Å². The Morgan fingerprint density at radius 1 is 1.23 bits per heavy atom. The summed E-state index contributed by atoms with van der Waals surface area (Å²) < 4.78 is 30.5. The van der Waals surface area contributed by atoms with Gasteiger partial charge in [0, 0.05) is 25.9 Å². The highest BCUT2D eigenvalue weighted by Crippen LogP contribution is 2.33. The van der Waals surface area contributed by atoms with E-state index >= 15 is 0 Å². The Morgan fingerprint density at radius 2 is 1.96 bits per heavy atom. The van der Waals surface area contributed by atoms with Crippen LogP contribution >= 0.6 is 0 Å². The Balaban J connectivity index is 1.63. The van der Waals surface area contributed by atoms with Crippen molar-refractivity contribution in [1.29, 1.82) is 0 Å². The molecule has 0 bridgehead atoms. The summed E-state index contributed by atoms with van der Waals surface area (Å²) in [5, 5.41) is 0. The molecule has 1 aliphatic heterocycles. The molecule has 1 aliphatic rings. The number of likely N-dealkylation sites (tertiary alicyclic amines) is 1. The highest BCUT2D eigenvalue weighted by Gasteiger charge is 2.28. The Morgan fingerprint density at radius 3 is 2.58 bits per heavy atom. The third-order valence-corrected chi connectivity index (χ3v) is 4.12. The summed E-state index contributed by atoms with van der Waals surface area (Å²) in [7, 11) is 0. The van der Waals surface area contributed by atoms with Crippen LogP contribution in [-0.2, 0) is 4.74 Å². The molecule has 5 nitrogen and oxygen atoms in total. The number of benzene rings is 1. The molecule has 1 aromatic heterocycles. The minimum absolute atomic E-state index is 0.0483. The van der Waals surface area contributed by atoms with Crippen molar-refractivity contribution < 1.29 is 23.1 Å². The number of amides is 1. The van der Waals surface area contributed by atoms with Gasteiger partial charge in [-0.15, -0.1) is 0 Å². The normalized spacial score (nSPS) is 15.8. The molecule has 0 saturated carbocycles. The van der Waals surface area contributed by atoms with Gasteiger partial charge >= 0.3 is 6.09 Å². The maximum atomic E-state index is 13.6. The van der Waals surface area contributed by atoms with E-state index < -0.39 is 5.60 Å². The zero-order valence-corrected chi connectivity index (χ0v) is 15.3. The van der Waals surface area contributed by atoms with Crippen LogP contribution in [0.25, 0.3) is 11.3 Å². The number of halogens is 1. The number of hydrogen-bond acceptors (Lipinski definition) is 4. The highest BCUT2D eigenvalue weighted by molar-refractivity contribution is 5.68. The van der Waals surface area contributed by atoms with Gasteiger partial charge in [0.05, 0.1) is 11.8 Å². The van der Waals surface area contributed by atoms with Crippen LogP contribution < -0.4 is 4.74 Å². The second-order valence-electron chi connectivity index (χ2n) is 7.40. The van der Waals surface area contributed by atoms with Crippen molar-refractivity contribution in [2.45, 2.75) is 45.3 Å². The Bertz CT molecular complexity index is 744. The topological polar surface area (TPSA) is 51.9 Å². The first kappa shape index (κ1) is 18.3. The number of ether oxygens (including phenoxy) is 2. The second kappa shape index (κ2) is 7.40. The minimum atomic E-state index is -0.503. The number of rotatable bonds is 3. The van der Waals surface area contributed by atoms with Gasteiger partial charge in [-0.25, -0.2) is 9.18 Å². The molecule has 0 aliphatic carbocycles. The van der Waals surface area contributed by atoms with Crippen LogP contribution in [0, 0.1) is 5.82 Å². The van der Waals surface area contributed by atoms with E-state index in [1.165, 1.54) is 12.1 Å². The van der Waals surface area contributed by atoms with Gasteiger partial charge in [0.1, 0.15) is 29.0 Å². The molecule has 0 spiro atoms. The summed E-state index contributed by atoms with van der Waals surface area (Å²) in [6, 6.07) is 7.92. The van der Waals surface area contributed by atoms with Crippen LogP contribution in [0.3, 0.4) is 0 Å².